The van der Waals surface area contributed by atoms with Crippen LogP contribution in [0.25, 0.3) is 0 Å². The molecule has 0 saturated heterocycles. The van der Waals surface area contributed by atoms with E-state index in [1.807, 2.05) is 19.1 Å². The Morgan fingerprint density at radius 1 is 1.64 bits per heavy atom. The Morgan fingerprint density at radius 3 is 3.00 bits per heavy atom. The summed E-state index contributed by atoms with van der Waals surface area (Å²) in [5, 5.41) is 11.7. The molecule has 0 aliphatic carbocycles. The van der Waals surface area contributed by atoms with Crippen LogP contribution in [0.1, 0.15) is 6.92 Å². The maximum atomic E-state index is 5.37. The maximum Gasteiger partial charge on any atom is 0.207 e. The number of nitrogens with zero attached hydrogens (tertiary/aromatic N) is 2. The number of nitrogen functional groups attached to an aromatic ring is 1. The molecule has 0 saturated carbocycles. The minimum atomic E-state index is 0.493. The SMILES string of the molecule is CC=CCNc1nnc(N)s1. The summed E-state index contributed by atoms with van der Waals surface area (Å²) in [6, 6.07) is 0. The molecule has 0 bridgehead atoms. The van der Waals surface area contributed by atoms with Crippen molar-refractivity contribution in [2.75, 3.05) is 17.6 Å². The molecule has 0 aliphatic rings. The fourth-order valence-corrected chi connectivity index (χ4v) is 1.09. The summed E-state index contributed by atoms with van der Waals surface area (Å²) in [6.07, 6.45) is 3.97. The lowest BCUT2D eigenvalue weighted by molar-refractivity contribution is 1.09. The number of rotatable bonds is 3. The summed E-state index contributed by atoms with van der Waals surface area (Å²) >= 11 is 1.35. The minimum absolute atomic E-state index is 0.493. The molecule has 3 N–H and O–H groups in total. The first kappa shape index (κ1) is 8.00. The van der Waals surface area contributed by atoms with Crippen molar-refractivity contribution in [3.63, 3.8) is 0 Å². The van der Waals surface area contributed by atoms with Gasteiger partial charge in [-0.15, -0.1) is 10.2 Å². The smallest absolute Gasteiger partial charge is 0.207 e. The standard InChI is InChI=1S/C6H10N4S/c1-2-3-4-8-6-10-9-5(7)11-6/h2-3H,4H2,1H3,(H2,7,9)(H,8,10). The van der Waals surface area contributed by atoms with Gasteiger partial charge in [0.2, 0.25) is 10.3 Å². The van der Waals surface area contributed by atoms with Crippen LogP contribution < -0.4 is 11.1 Å². The zero-order valence-corrected chi connectivity index (χ0v) is 7.06. The molecule has 5 heteroatoms. The van der Waals surface area contributed by atoms with Crippen LogP contribution in [-0.2, 0) is 0 Å². The van der Waals surface area contributed by atoms with Crippen LogP contribution in [-0.4, -0.2) is 16.7 Å². The molecule has 1 heterocycles. The van der Waals surface area contributed by atoms with E-state index in [9.17, 15) is 0 Å². The summed E-state index contributed by atoms with van der Waals surface area (Å²) in [6.45, 7) is 2.74. The highest BCUT2D eigenvalue weighted by molar-refractivity contribution is 7.18. The van der Waals surface area contributed by atoms with Crippen LogP contribution in [0.15, 0.2) is 12.2 Å². The molecule has 0 amide bonds. The second-order valence-corrected chi connectivity index (χ2v) is 2.90. The van der Waals surface area contributed by atoms with E-state index >= 15 is 0 Å². The first-order valence-corrected chi connectivity index (χ1v) is 4.08. The average molecular weight is 170 g/mol. The van der Waals surface area contributed by atoms with Gasteiger partial charge in [-0.1, -0.05) is 23.5 Å². The van der Waals surface area contributed by atoms with Crippen molar-refractivity contribution >= 4 is 21.6 Å². The van der Waals surface area contributed by atoms with E-state index in [0.717, 1.165) is 11.7 Å². The number of hydrogen-bond acceptors (Lipinski definition) is 5. The highest BCUT2D eigenvalue weighted by atomic mass is 32.1. The Balaban J connectivity index is 2.38. The largest absolute Gasteiger partial charge is 0.374 e. The maximum absolute atomic E-state index is 5.37. The van der Waals surface area contributed by atoms with Gasteiger partial charge >= 0.3 is 0 Å². The van der Waals surface area contributed by atoms with E-state index in [4.69, 9.17) is 5.73 Å². The highest BCUT2D eigenvalue weighted by Gasteiger charge is 1.96. The van der Waals surface area contributed by atoms with E-state index in [2.05, 4.69) is 15.5 Å². The van der Waals surface area contributed by atoms with Crippen LogP contribution >= 0.6 is 11.3 Å². The van der Waals surface area contributed by atoms with Gasteiger partial charge in [-0.3, -0.25) is 0 Å². The molecule has 0 aliphatic heterocycles. The minimum Gasteiger partial charge on any atom is -0.374 e. The third-order valence-corrected chi connectivity index (χ3v) is 1.76. The van der Waals surface area contributed by atoms with Crippen molar-refractivity contribution in [1.82, 2.24) is 10.2 Å². The number of nitrogens with two attached hydrogens (primary N) is 1. The predicted octanol–water partition coefficient (Wildman–Crippen LogP) is 1.11. The van der Waals surface area contributed by atoms with E-state index in [1.165, 1.54) is 11.3 Å². The van der Waals surface area contributed by atoms with E-state index in [-0.39, 0.29) is 0 Å². The molecule has 0 spiro atoms. The van der Waals surface area contributed by atoms with Crippen molar-refractivity contribution in [2.24, 2.45) is 0 Å². The Labute approximate surface area is 69.1 Å². The van der Waals surface area contributed by atoms with Crippen molar-refractivity contribution in [3.05, 3.63) is 12.2 Å². The molecule has 11 heavy (non-hydrogen) atoms. The number of allylic oxidation sites excluding steroid dienone is 1. The van der Waals surface area contributed by atoms with Crippen LogP contribution in [0, 0.1) is 0 Å². The molecule has 0 atom stereocenters. The van der Waals surface area contributed by atoms with Gasteiger partial charge in [0, 0.05) is 6.54 Å². The average Bonchev–Trinajstić information content (AvgIpc) is 2.37. The lowest BCUT2D eigenvalue weighted by atomic mass is 10.5. The zero-order valence-electron chi connectivity index (χ0n) is 6.24. The summed E-state index contributed by atoms with van der Waals surface area (Å²) in [5.74, 6) is 0. The second-order valence-electron chi connectivity index (χ2n) is 1.90. The summed E-state index contributed by atoms with van der Waals surface area (Å²) in [7, 11) is 0. The number of hydrogen-bond donors (Lipinski definition) is 2. The first-order valence-electron chi connectivity index (χ1n) is 3.27. The van der Waals surface area contributed by atoms with Crippen molar-refractivity contribution in [1.29, 1.82) is 0 Å². The highest BCUT2D eigenvalue weighted by Crippen LogP contribution is 2.15. The van der Waals surface area contributed by atoms with Gasteiger partial charge in [0.25, 0.3) is 0 Å². The van der Waals surface area contributed by atoms with Crippen molar-refractivity contribution < 1.29 is 0 Å². The molecule has 4 nitrogen and oxygen atoms in total. The zero-order chi connectivity index (χ0) is 8.10. The second kappa shape index (κ2) is 3.92. The Kier molecular flexibility index (Phi) is 2.85. The van der Waals surface area contributed by atoms with Gasteiger partial charge in [-0.05, 0) is 6.92 Å². The molecule has 0 unspecified atom stereocenters. The van der Waals surface area contributed by atoms with Crippen LogP contribution in [0.4, 0.5) is 10.3 Å². The third-order valence-electron chi connectivity index (χ3n) is 1.05. The van der Waals surface area contributed by atoms with Crippen LogP contribution in [0.5, 0.6) is 0 Å². The van der Waals surface area contributed by atoms with E-state index < -0.39 is 0 Å². The normalized spacial score (nSPS) is 10.6. The van der Waals surface area contributed by atoms with Gasteiger partial charge in [0.1, 0.15) is 0 Å². The van der Waals surface area contributed by atoms with Crippen molar-refractivity contribution in [2.45, 2.75) is 6.92 Å². The monoisotopic (exact) mass is 170 g/mol. The number of anilines is 2. The van der Waals surface area contributed by atoms with Crippen LogP contribution in [0.3, 0.4) is 0 Å². The molecule has 1 rings (SSSR count). The lowest BCUT2D eigenvalue weighted by Crippen LogP contribution is -1.96. The van der Waals surface area contributed by atoms with Gasteiger partial charge in [-0.25, -0.2) is 0 Å². The summed E-state index contributed by atoms with van der Waals surface area (Å²) < 4.78 is 0. The Bertz CT molecular complexity index is 242. The molecule has 0 aromatic carbocycles. The molecular weight excluding hydrogens is 160 g/mol. The molecular formula is C6H10N4S. The Morgan fingerprint density at radius 2 is 2.45 bits per heavy atom. The number of nitrogens with one attached hydrogen (secondary N) is 1. The first-order chi connectivity index (χ1) is 5.33. The fraction of sp³-hybridized carbons (Fsp3) is 0.333. The predicted molar refractivity (Wildman–Crippen MR) is 47.6 cm³/mol. The summed E-state index contributed by atoms with van der Waals surface area (Å²) in [5.41, 5.74) is 5.37. The quantitative estimate of drug-likeness (QED) is 0.667. The van der Waals surface area contributed by atoms with Gasteiger partial charge in [-0.2, -0.15) is 0 Å². The lowest BCUT2D eigenvalue weighted by Gasteiger charge is -1.92. The van der Waals surface area contributed by atoms with Gasteiger partial charge < -0.3 is 11.1 Å². The van der Waals surface area contributed by atoms with Crippen LogP contribution in [0.2, 0.25) is 0 Å². The molecule has 1 aromatic rings. The van der Waals surface area contributed by atoms with E-state index in [0.29, 0.717) is 5.13 Å². The fourth-order valence-electron chi connectivity index (χ4n) is 0.570. The molecule has 0 radical (unpaired) electrons. The third kappa shape index (κ3) is 2.55. The summed E-state index contributed by atoms with van der Waals surface area (Å²) in [4.78, 5) is 0. The van der Waals surface area contributed by atoms with Crippen molar-refractivity contribution in [3.8, 4) is 0 Å². The van der Waals surface area contributed by atoms with Gasteiger partial charge in [0.15, 0.2) is 0 Å². The molecule has 60 valence electrons. The Hall–Kier alpha value is -1.10. The van der Waals surface area contributed by atoms with E-state index in [1.54, 1.807) is 0 Å². The molecule has 1 aromatic heterocycles. The van der Waals surface area contributed by atoms with Gasteiger partial charge in [0.05, 0.1) is 0 Å². The number of aromatic nitrogens is 2. The molecule has 0 fully saturated rings. The topological polar surface area (TPSA) is 63.8 Å².